The summed E-state index contributed by atoms with van der Waals surface area (Å²) >= 11 is 0. The van der Waals surface area contributed by atoms with E-state index in [2.05, 4.69) is 0 Å². The van der Waals surface area contributed by atoms with Crippen LogP contribution in [0.4, 0.5) is 8.78 Å². The third-order valence-electron chi connectivity index (χ3n) is 3.59. The lowest BCUT2D eigenvalue weighted by atomic mass is 9.96. The Morgan fingerprint density at radius 3 is 2.40 bits per heavy atom. The molecule has 2 amide bonds. The Kier molecular flexibility index (Phi) is 4.32. The molecule has 20 heavy (non-hydrogen) atoms. The first-order valence-electron chi connectivity index (χ1n) is 6.48. The van der Waals surface area contributed by atoms with Crippen LogP contribution in [0, 0.1) is 17.6 Å². The summed E-state index contributed by atoms with van der Waals surface area (Å²) in [7, 11) is 0. The van der Waals surface area contributed by atoms with Crippen molar-refractivity contribution in [2.75, 3.05) is 13.1 Å². The van der Waals surface area contributed by atoms with Crippen molar-refractivity contribution in [1.82, 2.24) is 4.90 Å². The summed E-state index contributed by atoms with van der Waals surface area (Å²) < 4.78 is 25.9. The lowest BCUT2D eigenvalue weighted by Gasteiger charge is -2.30. The van der Waals surface area contributed by atoms with Gasteiger partial charge in [0.1, 0.15) is 0 Å². The third kappa shape index (κ3) is 3.31. The fourth-order valence-electron chi connectivity index (χ4n) is 2.35. The van der Waals surface area contributed by atoms with Crippen LogP contribution in [0.3, 0.4) is 0 Å². The van der Waals surface area contributed by atoms with Crippen LogP contribution in [0.15, 0.2) is 18.2 Å². The van der Waals surface area contributed by atoms with E-state index in [1.807, 2.05) is 0 Å². The summed E-state index contributed by atoms with van der Waals surface area (Å²) in [5.41, 5.74) is 5.66. The molecule has 0 bridgehead atoms. The molecule has 1 aliphatic rings. The molecule has 0 aliphatic carbocycles. The molecule has 4 nitrogen and oxygen atoms in total. The van der Waals surface area contributed by atoms with Crippen molar-refractivity contribution in [1.29, 1.82) is 0 Å². The van der Waals surface area contributed by atoms with E-state index in [9.17, 15) is 18.4 Å². The second kappa shape index (κ2) is 5.98. The van der Waals surface area contributed by atoms with E-state index in [0.29, 0.717) is 31.5 Å². The summed E-state index contributed by atoms with van der Waals surface area (Å²) in [6, 6.07) is 3.44. The molecule has 1 fully saturated rings. The molecule has 0 unspecified atom stereocenters. The van der Waals surface area contributed by atoms with Gasteiger partial charge in [-0.25, -0.2) is 8.78 Å². The number of piperidine rings is 1. The lowest BCUT2D eigenvalue weighted by molar-refractivity contribution is -0.134. The zero-order valence-electron chi connectivity index (χ0n) is 10.9. The second-order valence-corrected chi connectivity index (χ2v) is 4.98. The van der Waals surface area contributed by atoms with E-state index in [-0.39, 0.29) is 24.2 Å². The summed E-state index contributed by atoms with van der Waals surface area (Å²) in [5.74, 6) is -2.55. The number of carbonyl (C=O) groups excluding carboxylic acids is 2. The van der Waals surface area contributed by atoms with Crippen LogP contribution in [0.2, 0.25) is 0 Å². The van der Waals surface area contributed by atoms with Crippen molar-refractivity contribution >= 4 is 11.8 Å². The van der Waals surface area contributed by atoms with Gasteiger partial charge in [-0.2, -0.15) is 0 Å². The van der Waals surface area contributed by atoms with Crippen LogP contribution in [0.1, 0.15) is 18.4 Å². The predicted octanol–water partition coefficient (Wildman–Crippen LogP) is 1.23. The van der Waals surface area contributed by atoms with E-state index in [0.717, 1.165) is 12.1 Å². The minimum Gasteiger partial charge on any atom is -0.369 e. The minimum absolute atomic E-state index is 0.0262. The topological polar surface area (TPSA) is 63.4 Å². The highest BCUT2D eigenvalue weighted by Crippen LogP contribution is 2.18. The molecule has 0 aromatic heterocycles. The van der Waals surface area contributed by atoms with Gasteiger partial charge in [-0.3, -0.25) is 9.59 Å². The van der Waals surface area contributed by atoms with Crippen molar-refractivity contribution in [2.24, 2.45) is 11.7 Å². The molecule has 1 heterocycles. The van der Waals surface area contributed by atoms with Gasteiger partial charge in [0.25, 0.3) is 0 Å². The number of amides is 2. The minimum atomic E-state index is -0.956. The number of primary amides is 1. The zero-order valence-corrected chi connectivity index (χ0v) is 10.9. The summed E-state index contributed by atoms with van der Waals surface area (Å²) in [6.45, 7) is 0.937. The van der Waals surface area contributed by atoms with Crippen LogP contribution in [-0.2, 0) is 16.0 Å². The molecule has 2 N–H and O–H groups in total. The monoisotopic (exact) mass is 282 g/mol. The first-order chi connectivity index (χ1) is 9.47. The molecule has 1 aliphatic heterocycles. The number of hydrogen-bond acceptors (Lipinski definition) is 2. The van der Waals surface area contributed by atoms with Gasteiger partial charge < -0.3 is 10.6 Å². The van der Waals surface area contributed by atoms with Gasteiger partial charge in [0.05, 0.1) is 6.42 Å². The van der Waals surface area contributed by atoms with Crippen molar-refractivity contribution < 1.29 is 18.4 Å². The first kappa shape index (κ1) is 14.4. The van der Waals surface area contributed by atoms with Crippen molar-refractivity contribution in [3.05, 3.63) is 35.4 Å². The zero-order chi connectivity index (χ0) is 14.7. The molecular formula is C14H16F2N2O2. The van der Waals surface area contributed by atoms with Crippen LogP contribution in [0.25, 0.3) is 0 Å². The van der Waals surface area contributed by atoms with Crippen molar-refractivity contribution in [3.63, 3.8) is 0 Å². The number of likely N-dealkylation sites (tertiary alicyclic amines) is 1. The second-order valence-electron chi connectivity index (χ2n) is 4.98. The Labute approximate surface area is 115 Å². The smallest absolute Gasteiger partial charge is 0.226 e. The summed E-state index contributed by atoms with van der Waals surface area (Å²) in [5, 5.41) is 0. The number of hydrogen-bond donors (Lipinski definition) is 1. The fraction of sp³-hybridized carbons (Fsp3) is 0.429. The third-order valence-corrected chi connectivity index (χ3v) is 3.59. The highest BCUT2D eigenvalue weighted by Gasteiger charge is 2.25. The molecule has 1 aromatic carbocycles. The van der Waals surface area contributed by atoms with Gasteiger partial charge in [0.2, 0.25) is 11.8 Å². The highest BCUT2D eigenvalue weighted by atomic mass is 19.2. The maximum atomic E-state index is 13.1. The van der Waals surface area contributed by atoms with Gasteiger partial charge >= 0.3 is 0 Å². The molecule has 0 atom stereocenters. The molecular weight excluding hydrogens is 266 g/mol. The lowest BCUT2D eigenvalue weighted by Crippen LogP contribution is -2.42. The average Bonchev–Trinajstić information content (AvgIpc) is 2.43. The van der Waals surface area contributed by atoms with Gasteiger partial charge in [-0.1, -0.05) is 6.07 Å². The summed E-state index contributed by atoms with van der Waals surface area (Å²) in [4.78, 5) is 24.7. The maximum absolute atomic E-state index is 13.1. The molecule has 6 heteroatoms. The van der Waals surface area contributed by atoms with Gasteiger partial charge in [-0.15, -0.1) is 0 Å². The Morgan fingerprint density at radius 1 is 1.20 bits per heavy atom. The van der Waals surface area contributed by atoms with E-state index in [1.54, 1.807) is 4.90 Å². The largest absolute Gasteiger partial charge is 0.369 e. The Morgan fingerprint density at radius 2 is 1.85 bits per heavy atom. The summed E-state index contributed by atoms with van der Waals surface area (Å²) in [6.07, 6.45) is 1.14. The molecule has 0 spiro atoms. The van der Waals surface area contributed by atoms with Gasteiger partial charge in [0, 0.05) is 19.0 Å². The van der Waals surface area contributed by atoms with Crippen LogP contribution >= 0.6 is 0 Å². The normalized spacial score (nSPS) is 16.2. The molecule has 1 saturated heterocycles. The van der Waals surface area contributed by atoms with E-state index < -0.39 is 11.6 Å². The van der Waals surface area contributed by atoms with Gasteiger partial charge in [0.15, 0.2) is 11.6 Å². The molecule has 108 valence electrons. The van der Waals surface area contributed by atoms with E-state index in [1.165, 1.54) is 6.07 Å². The van der Waals surface area contributed by atoms with E-state index in [4.69, 9.17) is 5.73 Å². The first-order valence-corrected chi connectivity index (χ1v) is 6.48. The van der Waals surface area contributed by atoms with Crippen molar-refractivity contribution in [2.45, 2.75) is 19.3 Å². The molecule has 2 rings (SSSR count). The number of benzene rings is 1. The van der Waals surface area contributed by atoms with E-state index >= 15 is 0 Å². The number of nitrogens with zero attached hydrogens (tertiary/aromatic N) is 1. The Bertz CT molecular complexity index is 526. The average molecular weight is 282 g/mol. The Balaban J connectivity index is 1.92. The fourth-order valence-corrected chi connectivity index (χ4v) is 2.35. The molecule has 0 radical (unpaired) electrons. The molecule has 1 aromatic rings. The van der Waals surface area contributed by atoms with Crippen molar-refractivity contribution in [3.8, 4) is 0 Å². The highest BCUT2D eigenvalue weighted by molar-refractivity contribution is 5.80. The number of halogens is 2. The van der Waals surface area contributed by atoms with Gasteiger partial charge in [-0.05, 0) is 30.5 Å². The quantitative estimate of drug-likeness (QED) is 0.906. The molecule has 0 saturated carbocycles. The number of rotatable bonds is 3. The Hall–Kier alpha value is -1.98. The number of nitrogens with two attached hydrogens (primary N) is 1. The standard InChI is InChI=1S/C14H16F2N2O2/c15-11-2-1-9(7-12(11)16)8-13(19)18-5-3-10(4-6-18)14(17)20/h1-2,7,10H,3-6,8H2,(H2,17,20). The SMILES string of the molecule is NC(=O)C1CCN(C(=O)Cc2ccc(F)c(F)c2)CC1. The maximum Gasteiger partial charge on any atom is 0.226 e. The van der Waals surface area contributed by atoms with Crippen LogP contribution in [0.5, 0.6) is 0 Å². The van der Waals surface area contributed by atoms with Crippen LogP contribution in [-0.4, -0.2) is 29.8 Å². The van der Waals surface area contributed by atoms with Crippen LogP contribution < -0.4 is 5.73 Å². The number of carbonyl (C=O) groups is 2. The predicted molar refractivity (Wildman–Crippen MR) is 68.6 cm³/mol.